The Kier molecular flexibility index (Phi) is 4.34. The van der Waals surface area contributed by atoms with Gasteiger partial charge in [-0.15, -0.1) is 0 Å². The SMILES string of the molecule is COc1cccc(CNC(C)C2CCOC2)n1. The number of rotatable bonds is 5. The van der Waals surface area contributed by atoms with E-state index >= 15 is 0 Å². The first-order chi connectivity index (χ1) is 8.29. The number of pyridine rings is 1. The molecule has 94 valence electrons. The summed E-state index contributed by atoms with van der Waals surface area (Å²) in [5.74, 6) is 1.29. The van der Waals surface area contributed by atoms with Crippen LogP contribution in [0.3, 0.4) is 0 Å². The number of hydrogen-bond acceptors (Lipinski definition) is 4. The van der Waals surface area contributed by atoms with E-state index in [1.807, 2.05) is 18.2 Å². The second kappa shape index (κ2) is 5.98. The Morgan fingerprint density at radius 2 is 2.47 bits per heavy atom. The van der Waals surface area contributed by atoms with Crippen LogP contribution in [0.5, 0.6) is 5.88 Å². The molecule has 2 heterocycles. The molecule has 1 saturated heterocycles. The molecule has 1 fully saturated rings. The van der Waals surface area contributed by atoms with Crippen LogP contribution in [-0.2, 0) is 11.3 Å². The highest BCUT2D eigenvalue weighted by Crippen LogP contribution is 2.16. The average molecular weight is 236 g/mol. The standard InChI is InChI=1S/C13H20N2O2/c1-10(11-6-7-17-9-11)14-8-12-4-3-5-13(15-12)16-2/h3-5,10-11,14H,6-9H2,1-2H3. The Hall–Kier alpha value is -1.13. The molecular weight excluding hydrogens is 216 g/mol. The van der Waals surface area contributed by atoms with Crippen molar-refractivity contribution in [2.24, 2.45) is 5.92 Å². The fourth-order valence-electron chi connectivity index (χ4n) is 2.05. The number of ether oxygens (including phenoxy) is 2. The molecule has 0 bridgehead atoms. The molecular formula is C13H20N2O2. The first-order valence-corrected chi connectivity index (χ1v) is 6.10. The van der Waals surface area contributed by atoms with Crippen molar-refractivity contribution in [1.82, 2.24) is 10.3 Å². The van der Waals surface area contributed by atoms with Gasteiger partial charge < -0.3 is 14.8 Å². The number of hydrogen-bond donors (Lipinski definition) is 1. The third-order valence-corrected chi connectivity index (χ3v) is 3.27. The molecule has 1 N–H and O–H groups in total. The summed E-state index contributed by atoms with van der Waals surface area (Å²) in [5.41, 5.74) is 1.01. The Labute approximate surface area is 102 Å². The molecule has 0 saturated carbocycles. The molecule has 2 atom stereocenters. The highest BCUT2D eigenvalue weighted by Gasteiger charge is 2.21. The zero-order chi connectivity index (χ0) is 12.1. The minimum absolute atomic E-state index is 0.463. The predicted octanol–water partition coefficient (Wildman–Crippen LogP) is 1.60. The quantitative estimate of drug-likeness (QED) is 0.843. The van der Waals surface area contributed by atoms with Crippen LogP contribution in [0.1, 0.15) is 19.0 Å². The Bertz CT molecular complexity index is 351. The maximum Gasteiger partial charge on any atom is 0.213 e. The van der Waals surface area contributed by atoms with E-state index < -0.39 is 0 Å². The van der Waals surface area contributed by atoms with Crippen LogP contribution in [-0.4, -0.2) is 31.3 Å². The van der Waals surface area contributed by atoms with Gasteiger partial charge in [-0.25, -0.2) is 4.98 Å². The maximum absolute atomic E-state index is 5.39. The average Bonchev–Trinajstić information content (AvgIpc) is 2.90. The molecule has 1 aromatic heterocycles. The van der Waals surface area contributed by atoms with Gasteiger partial charge in [0.2, 0.25) is 5.88 Å². The molecule has 4 heteroatoms. The van der Waals surface area contributed by atoms with Crippen LogP contribution in [0.2, 0.25) is 0 Å². The van der Waals surface area contributed by atoms with Crippen molar-refractivity contribution in [2.45, 2.75) is 25.9 Å². The van der Waals surface area contributed by atoms with Crippen LogP contribution in [0.4, 0.5) is 0 Å². The van der Waals surface area contributed by atoms with Gasteiger partial charge in [0, 0.05) is 25.3 Å². The lowest BCUT2D eigenvalue weighted by Gasteiger charge is -2.19. The van der Waals surface area contributed by atoms with Gasteiger partial charge in [-0.3, -0.25) is 0 Å². The van der Waals surface area contributed by atoms with E-state index in [1.54, 1.807) is 7.11 Å². The third kappa shape index (κ3) is 3.41. The van der Waals surface area contributed by atoms with Gasteiger partial charge in [0.1, 0.15) is 0 Å². The van der Waals surface area contributed by atoms with Gasteiger partial charge in [-0.05, 0) is 25.3 Å². The van der Waals surface area contributed by atoms with E-state index in [2.05, 4.69) is 17.2 Å². The summed E-state index contributed by atoms with van der Waals surface area (Å²) in [6.07, 6.45) is 1.15. The zero-order valence-corrected chi connectivity index (χ0v) is 10.5. The maximum atomic E-state index is 5.39. The van der Waals surface area contributed by atoms with E-state index in [0.717, 1.165) is 31.9 Å². The van der Waals surface area contributed by atoms with E-state index in [0.29, 0.717) is 17.8 Å². The molecule has 0 radical (unpaired) electrons. The molecule has 1 aliphatic heterocycles. The molecule has 0 aromatic carbocycles. The van der Waals surface area contributed by atoms with Crippen LogP contribution in [0, 0.1) is 5.92 Å². The summed E-state index contributed by atoms with van der Waals surface area (Å²) in [5, 5.41) is 3.49. The minimum atomic E-state index is 0.463. The number of methoxy groups -OCH3 is 1. The second-order valence-corrected chi connectivity index (χ2v) is 4.46. The van der Waals surface area contributed by atoms with Crippen molar-refractivity contribution in [3.05, 3.63) is 23.9 Å². The van der Waals surface area contributed by atoms with Crippen molar-refractivity contribution in [3.8, 4) is 5.88 Å². The number of aromatic nitrogens is 1. The predicted molar refractivity (Wildman–Crippen MR) is 66.0 cm³/mol. The van der Waals surface area contributed by atoms with Crippen molar-refractivity contribution >= 4 is 0 Å². The molecule has 17 heavy (non-hydrogen) atoms. The molecule has 1 aliphatic rings. The zero-order valence-electron chi connectivity index (χ0n) is 10.5. The second-order valence-electron chi connectivity index (χ2n) is 4.46. The fraction of sp³-hybridized carbons (Fsp3) is 0.615. The number of nitrogens with zero attached hydrogens (tertiary/aromatic N) is 1. The highest BCUT2D eigenvalue weighted by molar-refractivity contribution is 5.15. The normalized spacial score (nSPS) is 21.4. The largest absolute Gasteiger partial charge is 0.481 e. The fourth-order valence-corrected chi connectivity index (χ4v) is 2.05. The molecule has 0 spiro atoms. The van der Waals surface area contributed by atoms with Gasteiger partial charge in [0.15, 0.2) is 0 Å². The van der Waals surface area contributed by atoms with Gasteiger partial charge in [-0.1, -0.05) is 6.07 Å². The van der Waals surface area contributed by atoms with E-state index in [-0.39, 0.29) is 0 Å². The van der Waals surface area contributed by atoms with Crippen LogP contribution in [0.15, 0.2) is 18.2 Å². The van der Waals surface area contributed by atoms with Crippen molar-refractivity contribution in [3.63, 3.8) is 0 Å². The Morgan fingerprint density at radius 1 is 1.59 bits per heavy atom. The first-order valence-electron chi connectivity index (χ1n) is 6.10. The lowest BCUT2D eigenvalue weighted by atomic mass is 10.0. The smallest absolute Gasteiger partial charge is 0.213 e. The minimum Gasteiger partial charge on any atom is -0.481 e. The lowest BCUT2D eigenvalue weighted by Crippen LogP contribution is -2.33. The monoisotopic (exact) mass is 236 g/mol. The van der Waals surface area contributed by atoms with Crippen molar-refractivity contribution in [1.29, 1.82) is 0 Å². The first kappa shape index (κ1) is 12.3. The molecule has 0 amide bonds. The van der Waals surface area contributed by atoms with Gasteiger partial charge in [-0.2, -0.15) is 0 Å². The van der Waals surface area contributed by atoms with Crippen LogP contribution < -0.4 is 10.1 Å². The summed E-state index contributed by atoms with van der Waals surface area (Å²) in [4.78, 5) is 4.37. The van der Waals surface area contributed by atoms with Gasteiger partial charge in [0.25, 0.3) is 0 Å². The molecule has 1 aromatic rings. The van der Waals surface area contributed by atoms with Crippen LogP contribution in [0.25, 0.3) is 0 Å². The molecule has 2 rings (SSSR count). The summed E-state index contributed by atoms with van der Waals surface area (Å²) >= 11 is 0. The summed E-state index contributed by atoms with van der Waals surface area (Å²) in [6, 6.07) is 6.29. The highest BCUT2D eigenvalue weighted by atomic mass is 16.5. The van der Waals surface area contributed by atoms with E-state index in [9.17, 15) is 0 Å². The van der Waals surface area contributed by atoms with Gasteiger partial charge >= 0.3 is 0 Å². The number of nitrogens with one attached hydrogen (secondary N) is 1. The van der Waals surface area contributed by atoms with E-state index in [4.69, 9.17) is 9.47 Å². The topological polar surface area (TPSA) is 43.4 Å². The van der Waals surface area contributed by atoms with Gasteiger partial charge in [0.05, 0.1) is 19.4 Å². The van der Waals surface area contributed by atoms with E-state index in [1.165, 1.54) is 0 Å². The van der Waals surface area contributed by atoms with Crippen LogP contribution >= 0.6 is 0 Å². The summed E-state index contributed by atoms with van der Waals surface area (Å²) < 4.78 is 10.5. The summed E-state index contributed by atoms with van der Waals surface area (Å²) in [7, 11) is 1.64. The molecule has 4 nitrogen and oxygen atoms in total. The lowest BCUT2D eigenvalue weighted by molar-refractivity contribution is 0.178. The molecule has 0 aliphatic carbocycles. The Morgan fingerprint density at radius 3 is 3.18 bits per heavy atom. The Balaban J connectivity index is 1.83. The van der Waals surface area contributed by atoms with Crippen molar-refractivity contribution in [2.75, 3.05) is 20.3 Å². The molecule has 2 unspecified atom stereocenters. The third-order valence-electron chi connectivity index (χ3n) is 3.27. The summed E-state index contributed by atoms with van der Waals surface area (Å²) in [6.45, 7) is 4.75. The van der Waals surface area contributed by atoms with Crippen molar-refractivity contribution < 1.29 is 9.47 Å².